The average Bonchev–Trinajstić information content (AvgIpc) is 2.39. The average molecular weight is 285 g/mol. The van der Waals surface area contributed by atoms with Gasteiger partial charge in [0.1, 0.15) is 10.1 Å². The summed E-state index contributed by atoms with van der Waals surface area (Å²) in [5.41, 5.74) is 5.99. The van der Waals surface area contributed by atoms with E-state index < -0.39 is 0 Å². The highest BCUT2D eigenvalue weighted by Crippen LogP contribution is 2.19. The van der Waals surface area contributed by atoms with Crippen molar-refractivity contribution in [3.8, 4) is 5.75 Å². The molecule has 3 N–H and O–H groups in total. The summed E-state index contributed by atoms with van der Waals surface area (Å²) in [4.78, 5) is 2.38. The van der Waals surface area contributed by atoms with Crippen LogP contribution in [0.25, 0.3) is 0 Å². The maximum absolute atomic E-state index is 5.13. The number of rotatable bonds is 2. The number of hydrogen-bond acceptors (Lipinski definition) is 4. The summed E-state index contributed by atoms with van der Waals surface area (Å²) in [6.45, 7) is 4.33. The highest BCUT2D eigenvalue weighted by Gasteiger charge is 2.09. The third kappa shape index (κ3) is 5.57. The van der Waals surface area contributed by atoms with Crippen molar-refractivity contribution in [3.05, 3.63) is 24.3 Å². The van der Waals surface area contributed by atoms with Crippen molar-refractivity contribution in [1.29, 1.82) is 0 Å². The molecular weight excluding hydrogens is 266 g/mol. The Morgan fingerprint density at radius 3 is 2.28 bits per heavy atom. The molecule has 4 nitrogen and oxygen atoms in total. The minimum Gasteiger partial charge on any atom is -0.497 e. The lowest BCUT2D eigenvalue weighted by Gasteiger charge is -2.29. The molecule has 18 heavy (non-hydrogen) atoms. The van der Waals surface area contributed by atoms with E-state index in [1.807, 2.05) is 12.1 Å². The first-order valence-corrected chi connectivity index (χ1v) is 6.57. The van der Waals surface area contributed by atoms with E-state index in [4.69, 9.17) is 10.5 Å². The molecule has 0 aromatic heterocycles. The predicted molar refractivity (Wildman–Crippen MR) is 83.8 cm³/mol. The molecule has 1 saturated heterocycles. The molecular formula is C12H19N3OS2. The highest BCUT2D eigenvalue weighted by molar-refractivity contribution is 8.10. The van der Waals surface area contributed by atoms with Crippen LogP contribution in [-0.2, 0) is 0 Å². The lowest BCUT2D eigenvalue weighted by molar-refractivity contribution is 0.415. The molecule has 1 aliphatic heterocycles. The van der Waals surface area contributed by atoms with Gasteiger partial charge in [-0.2, -0.15) is 0 Å². The molecule has 1 fully saturated rings. The maximum Gasteiger partial charge on any atom is 0.128 e. The minimum absolute atomic E-state index is 0.194. The van der Waals surface area contributed by atoms with Crippen LogP contribution >= 0.6 is 24.8 Å². The molecule has 0 radical (unpaired) electrons. The Morgan fingerprint density at radius 1 is 1.33 bits per heavy atom. The van der Waals surface area contributed by atoms with Crippen LogP contribution in [0.1, 0.15) is 0 Å². The summed E-state index contributed by atoms with van der Waals surface area (Å²) in [5, 5.41) is 3.34. The largest absolute Gasteiger partial charge is 0.497 e. The molecule has 0 amide bonds. The summed E-state index contributed by atoms with van der Waals surface area (Å²) >= 11 is 7.65. The second kappa shape index (κ2) is 8.18. The minimum atomic E-state index is 0.194. The lowest BCUT2D eigenvalue weighted by Crippen LogP contribution is -2.43. The topological polar surface area (TPSA) is 50.5 Å². The van der Waals surface area contributed by atoms with Gasteiger partial charge in [-0.3, -0.25) is 0 Å². The van der Waals surface area contributed by atoms with Crippen LogP contribution in [0.4, 0.5) is 5.69 Å². The van der Waals surface area contributed by atoms with E-state index in [0.29, 0.717) is 0 Å². The van der Waals surface area contributed by atoms with Gasteiger partial charge in [-0.15, -0.1) is 12.6 Å². The smallest absolute Gasteiger partial charge is 0.128 e. The van der Waals surface area contributed by atoms with E-state index in [9.17, 15) is 0 Å². The van der Waals surface area contributed by atoms with Crippen molar-refractivity contribution in [2.75, 3.05) is 38.2 Å². The molecule has 0 unspecified atom stereocenters. The number of nitrogens with two attached hydrogens (primary N) is 1. The zero-order chi connectivity index (χ0) is 13.4. The van der Waals surface area contributed by atoms with Gasteiger partial charge >= 0.3 is 0 Å². The molecule has 0 atom stereocenters. The number of ether oxygens (including phenoxy) is 1. The maximum atomic E-state index is 5.13. The van der Waals surface area contributed by atoms with Gasteiger partial charge in [0.15, 0.2) is 0 Å². The molecule has 0 saturated carbocycles. The molecule has 0 bridgehead atoms. The van der Waals surface area contributed by atoms with Crippen molar-refractivity contribution in [1.82, 2.24) is 5.32 Å². The summed E-state index contributed by atoms with van der Waals surface area (Å²) in [7, 11) is 1.69. The van der Waals surface area contributed by atoms with E-state index in [0.717, 1.165) is 31.9 Å². The zero-order valence-electron chi connectivity index (χ0n) is 10.4. The highest BCUT2D eigenvalue weighted by atomic mass is 32.1. The summed E-state index contributed by atoms with van der Waals surface area (Å²) in [5.74, 6) is 0.920. The molecule has 100 valence electrons. The van der Waals surface area contributed by atoms with E-state index >= 15 is 0 Å². The van der Waals surface area contributed by atoms with Gasteiger partial charge in [0.05, 0.1) is 7.11 Å². The molecule has 0 aliphatic carbocycles. The Balaban J connectivity index is 0.000000357. The lowest BCUT2D eigenvalue weighted by atomic mass is 10.2. The number of benzene rings is 1. The van der Waals surface area contributed by atoms with Crippen molar-refractivity contribution >= 4 is 34.9 Å². The van der Waals surface area contributed by atoms with Crippen LogP contribution in [0.3, 0.4) is 0 Å². The predicted octanol–water partition coefficient (Wildman–Crippen LogP) is 1.26. The van der Waals surface area contributed by atoms with Gasteiger partial charge in [0.25, 0.3) is 0 Å². The molecule has 1 heterocycles. The fourth-order valence-electron chi connectivity index (χ4n) is 1.72. The van der Waals surface area contributed by atoms with Crippen LogP contribution in [0.15, 0.2) is 24.3 Å². The summed E-state index contributed by atoms with van der Waals surface area (Å²) in [6, 6.07) is 8.25. The Bertz CT molecular complexity index is 360. The fraction of sp³-hybridized carbons (Fsp3) is 0.417. The monoisotopic (exact) mass is 285 g/mol. The Hall–Kier alpha value is -0.980. The van der Waals surface area contributed by atoms with Crippen LogP contribution in [0.5, 0.6) is 5.75 Å². The molecule has 0 spiro atoms. The fourth-order valence-corrected chi connectivity index (χ4v) is 1.72. The molecule has 1 aliphatic rings. The third-order valence-electron chi connectivity index (χ3n) is 2.55. The zero-order valence-corrected chi connectivity index (χ0v) is 12.1. The summed E-state index contributed by atoms with van der Waals surface area (Å²) < 4.78 is 5.32. The first-order valence-electron chi connectivity index (χ1n) is 5.71. The van der Waals surface area contributed by atoms with E-state index in [-0.39, 0.29) is 4.32 Å². The van der Waals surface area contributed by atoms with Crippen molar-refractivity contribution < 1.29 is 4.74 Å². The standard InChI is InChI=1S/C11H16N2O.CH3NS2/c1-14-11-4-2-10(3-5-11)13-8-6-12-7-9-13;2-1(3)4/h2-5,12H,6-9H2,1H3;(H3,2,3,4). The number of thiocarbonyl (C=S) groups is 1. The number of hydrogen-bond donors (Lipinski definition) is 3. The number of nitrogens with one attached hydrogen (secondary N) is 1. The first kappa shape index (κ1) is 15.1. The molecule has 2 rings (SSSR count). The number of thiol groups is 1. The van der Waals surface area contributed by atoms with Gasteiger partial charge in [-0.1, -0.05) is 12.2 Å². The third-order valence-corrected chi connectivity index (χ3v) is 2.55. The molecule has 1 aromatic rings. The van der Waals surface area contributed by atoms with Crippen LogP contribution < -0.4 is 20.7 Å². The first-order chi connectivity index (χ1) is 8.63. The van der Waals surface area contributed by atoms with Gasteiger partial charge in [-0.05, 0) is 24.3 Å². The van der Waals surface area contributed by atoms with Gasteiger partial charge in [0.2, 0.25) is 0 Å². The van der Waals surface area contributed by atoms with Crippen LogP contribution in [0.2, 0.25) is 0 Å². The second-order valence-electron chi connectivity index (χ2n) is 3.77. The summed E-state index contributed by atoms with van der Waals surface area (Å²) in [6.07, 6.45) is 0. The Labute approximate surface area is 119 Å². The van der Waals surface area contributed by atoms with Gasteiger partial charge < -0.3 is 20.7 Å². The van der Waals surface area contributed by atoms with Crippen molar-refractivity contribution in [2.45, 2.75) is 0 Å². The SMILES string of the molecule is COc1ccc(N2CCNCC2)cc1.NC(=S)S. The Morgan fingerprint density at radius 2 is 1.83 bits per heavy atom. The van der Waals surface area contributed by atoms with Crippen LogP contribution in [0, 0.1) is 0 Å². The van der Waals surface area contributed by atoms with Crippen molar-refractivity contribution in [3.63, 3.8) is 0 Å². The number of anilines is 1. The van der Waals surface area contributed by atoms with Gasteiger partial charge in [0, 0.05) is 31.9 Å². The Kier molecular flexibility index (Phi) is 6.85. The quantitative estimate of drug-likeness (QED) is 0.564. The number of piperazine rings is 1. The number of nitrogens with zero attached hydrogens (tertiary/aromatic N) is 1. The van der Waals surface area contributed by atoms with E-state index in [2.05, 4.69) is 47.2 Å². The van der Waals surface area contributed by atoms with E-state index in [1.54, 1.807) is 7.11 Å². The second-order valence-corrected chi connectivity index (χ2v) is 5.00. The van der Waals surface area contributed by atoms with Gasteiger partial charge in [-0.25, -0.2) is 0 Å². The molecule has 1 aromatic carbocycles. The van der Waals surface area contributed by atoms with E-state index in [1.165, 1.54) is 5.69 Å². The van der Waals surface area contributed by atoms with Crippen LogP contribution in [-0.4, -0.2) is 37.6 Å². The number of methoxy groups -OCH3 is 1. The normalized spacial score (nSPS) is 14.4. The van der Waals surface area contributed by atoms with Crippen molar-refractivity contribution in [2.24, 2.45) is 5.73 Å². The molecule has 6 heteroatoms.